The lowest BCUT2D eigenvalue weighted by Crippen LogP contribution is -2.64. The maximum atomic E-state index is 13.0. The van der Waals surface area contributed by atoms with Gasteiger partial charge < -0.3 is 14.9 Å². The summed E-state index contributed by atoms with van der Waals surface area (Å²) in [5.74, 6) is 0.0577. The van der Waals surface area contributed by atoms with Crippen LogP contribution in [0.25, 0.3) is 0 Å². The molecule has 1 N–H and O–H groups in total. The molecule has 0 aliphatic carbocycles. The van der Waals surface area contributed by atoms with Crippen molar-refractivity contribution in [2.75, 3.05) is 46.3 Å². The number of piperidine rings is 1. The van der Waals surface area contributed by atoms with Crippen molar-refractivity contribution in [3.63, 3.8) is 0 Å². The van der Waals surface area contributed by atoms with Gasteiger partial charge >= 0.3 is 0 Å². The van der Waals surface area contributed by atoms with E-state index >= 15 is 0 Å². The third-order valence-corrected chi connectivity index (χ3v) is 6.38. The minimum atomic E-state index is -0.948. The summed E-state index contributed by atoms with van der Waals surface area (Å²) in [5, 5.41) is 16.1. The predicted octanol–water partition coefficient (Wildman–Crippen LogP) is 0.928. The molecule has 7 nitrogen and oxygen atoms in total. The zero-order valence-electron chi connectivity index (χ0n) is 17.4. The number of aryl methyl sites for hydroxylation is 1. The first kappa shape index (κ1) is 20.1. The van der Waals surface area contributed by atoms with Crippen molar-refractivity contribution in [3.05, 3.63) is 53.9 Å². The molecule has 2 aliphatic heterocycles. The molecule has 0 saturated carbocycles. The van der Waals surface area contributed by atoms with Gasteiger partial charge in [0.15, 0.2) is 0 Å². The van der Waals surface area contributed by atoms with Crippen LogP contribution in [-0.2, 0) is 16.9 Å². The summed E-state index contributed by atoms with van der Waals surface area (Å²) in [7, 11) is 2.13. The molecule has 0 radical (unpaired) electrons. The van der Waals surface area contributed by atoms with Crippen molar-refractivity contribution in [2.45, 2.75) is 31.5 Å². The number of nitrogens with zero attached hydrogens (tertiary/aromatic N) is 5. The van der Waals surface area contributed by atoms with Crippen molar-refractivity contribution in [2.24, 2.45) is 0 Å². The Kier molecular flexibility index (Phi) is 5.72. The number of aromatic nitrogens is 2. The smallest absolute Gasteiger partial charge is 0.244 e. The number of piperazine rings is 1. The van der Waals surface area contributed by atoms with Gasteiger partial charge in [-0.3, -0.25) is 14.4 Å². The highest BCUT2D eigenvalue weighted by molar-refractivity contribution is 5.76. The van der Waals surface area contributed by atoms with E-state index in [0.29, 0.717) is 19.5 Å². The number of hydrogen-bond acceptors (Lipinski definition) is 5. The van der Waals surface area contributed by atoms with Gasteiger partial charge in [0.2, 0.25) is 5.91 Å². The maximum Gasteiger partial charge on any atom is 0.244 e. The molecular weight excluding hydrogens is 366 g/mol. The van der Waals surface area contributed by atoms with Crippen LogP contribution in [0, 0.1) is 6.92 Å². The van der Waals surface area contributed by atoms with Gasteiger partial charge in [-0.1, -0.05) is 30.3 Å². The zero-order chi connectivity index (χ0) is 20.4. The number of rotatable bonds is 4. The van der Waals surface area contributed by atoms with Gasteiger partial charge in [0.05, 0.1) is 11.7 Å². The Balaban J connectivity index is 1.55. The van der Waals surface area contributed by atoms with E-state index in [1.54, 1.807) is 4.68 Å². The first-order valence-electron chi connectivity index (χ1n) is 10.4. The number of likely N-dealkylation sites (N-methyl/N-ethyl adjacent to an activating group) is 1. The summed E-state index contributed by atoms with van der Waals surface area (Å²) >= 11 is 0. The van der Waals surface area contributed by atoms with Gasteiger partial charge in [-0.25, -0.2) is 0 Å². The quantitative estimate of drug-likeness (QED) is 0.832. The van der Waals surface area contributed by atoms with Crippen molar-refractivity contribution >= 4 is 5.91 Å². The molecule has 2 fully saturated rings. The fourth-order valence-corrected chi connectivity index (χ4v) is 4.55. The molecule has 2 saturated heterocycles. The molecule has 1 aromatic heterocycles. The Hall–Kier alpha value is -2.22. The van der Waals surface area contributed by atoms with Crippen LogP contribution < -0.4 is 0 Å². The van der Waals surface area contributed by atoms with Crippen LogP contribution in [-0.4, -0.2) is 87.9 Å². The van der Waals surface area contributed by atoms with Crippen LogP contribution in [0.15, 0.2) is 42.6 Å². The highest BCUT2D eigenvalue weighted by atomic mass is 16.3. The zero-order valence-corrected chi connectivity index (χ0v) is 17.4. The topological polar surface area (TPSA) is 64.8 Å². The lowest BCUT2D eigenvalue weighted by molar-refractivity contribution is -0.146. The van der Waals surface area contributed by atoms with Crippen LogP contribution in [0.2, 0.25) is 0 Å². The van der Waals surface area contributed by atoms with E-state index in [1.165, 1.54) is 0 Å². The number of carbonyl (C=O) groups excluding carboxylic acids is 1. The standard InChI is InChI=1S/C22H31N5O2/c1-18-8-10-27(23-18)17-21(28)26-11-9-22(29,19-6-4-3-5-7-19)20(16-26)25-14-12-24(2)13-15-25/h3-8,10,20,29H,9,11-17H2,1-2H3/t20-,22+/m1/s1. The minimum absolute atomic E-state index is 0.0577. The van der Waals surface area contributed by atoms with Gasteiger partial charge in [-0.15, -0.1) is 0 Å². The minimum Gasteiger partial charge on any atom is -0.383 e. The Morgan fingerprint density at radius 2 is 1.86 bits per heavy atom. The monoisotopic (exact) mass is 397 g/mol. The molecule has 1 aromatic carbocycles. The SMILES string of the molecule is Cc1ccn(CC(=O)N2CC[C@](O)(c3ccccc3)[C@H](N3CCN(C)CC3)C2)n1. The third-order valence-electron chi connectivity index (χ3n) is 6.38. The van der Waals surface area contributed by atoms with E-state index in [2.05, 4.69) is 21.9 Å². The van der Waals surface area contributed by atoms with Crippen LogP contribution in [0.1, 0.15) is 17.7 Å². The number of hydrogen-bond donors (Lipinski definition) is 1. The third kappa shape index (κ3) is 4.22. The lowest BCUT2D eigenvalue weighted by atomic mass is 9.79. The molecule has 0 unspecified atom stereocenters. The molecule has 2 aromatic rings. The second-order valence-corrected chi connectivity index (χ2v) is 8.39. The lowest BCUT2D eigenvalue weighted by Gasteiger charge is -2.51. The van der Waals surface area contributed by atoms with Crippen molar-refractivity contribution < 1.29 is 9.90 Å². The molecule has 4 rings (SSSR count). The summed E-state index contributed by atoms with van der Waals surface area (Å²) in [6.45, 7) is 7.00. The average molecular weight is 398 g/mol. The van der Waals surface area contributed by atoms with E-state index in [0.717, 1.165) is 37.4 Å². The van der Waals surface area contributed by atoms with Crippen molar-refractivity contribution in [1.82, 2.24) is 24.5 Å². The van der Waals surface area contributed by atoms with Gasteiger partial charge in [0.25, 0.3) is 0 Å². The first-order valence-corrected chi connectivity index (χ1v) is 10.4. The molecule has 2 atom stereocenters. The van der Waals surface area contributed by atoms with Gasteiger partial charge in [0, 0.05) is 45.5 Å². The Bertz CT molecular complexity index is 831. The van der Waals surface area contributed by atoms with Gasteiger partial charge in [0.1, 0.15) is 12.1 Å². The maximum absolute atomic E-state index is 13.0. The summed E-state index contributed by atoms with van der Waals surface area (Å²) in [6.07, 6.45) is 2.38. The van der Waals surface area contributed by atoms with Crippen LogP contribution in [0.3, 0.4) is 0 Å². The largest absolute Gasteiger partial charge is 0.383 e. The second-order valence-electron chi connectivity index (χ2n) is 8.39. The molecule has 29 heavy (non-hydrogen) atoms. The molecule has 7 heteroatoms. The highest BCUT2D eigenvalue weighted by Gasteiger charge is 2.47. The van der Waals surface area contributed by atoms with E-state index in [-0.39, 0.29) is 18.5 Å². The second kappa shape index (κ2) is 8.26. The Morgan fingerprint density at radius 3 is 2.52 bits per heavy atom. The number of carbonyl (C=O) groups is 1. The summed E-state index contributed by atoms with van der Waals surface area (Å²) in [6, 6.07) is 11.7. The number of amides is 1. The molecule has 0 spiro atoms. The summed E-state index contributed by atoms with van der Waals surface area (Å²) in [4.78, 5) is 19.5. The van der Waals surface area contributed by atoms with Gasteiger partial charge in [-0.2, -0.15) is 5.10 Å². The molecular formula is C22H31N5O2. The fourth-order valence-electron chi connectivity index (χ4n) is 4.55. The fraction of sp³-hybridized carbons (Fsp3) is 0.545. The van der Waals surface area contributed by atoms with E-state index in [1.807, 2.05) is 54.4 Å². The molecule has 3 heterocycles. The van der Waals surface area contributed by atoms with Gasteiger partial charge in [-0.05, 0) is 32.0 Å². The summed E-state index contributed by atoms with van der Waals surface area (Å²) in [5.41, 5.74) is 0.903. The molecule has 0 bridgehead atoms. The molecule has 2 aliphatic rings. The van der Waals surface area contributed by atoms with Crippen molar-refractivity contribution in [1.29, 1.82) is 0 Å². The number of likely N-dealkylation sites (tertiary alicyclic amines) is 1. The summed E-state index contributed by atoms with van der Waals surface area (Å²) < 4.78 is 1.69. The number of aliphatic hydroxyl groups is 1. The number of benzene rings is 1. The average Bonchev–Trinajstić information content (AvgIpc) is 3.14. The van der Waals surface area contributed by atoms with Crippen LogP contribution >= 0.6 is 0 Å². The van der Waals surface area contributed by atoms with Crippen LogP contribution in [0.5, 0.6) is 0 Å². The Morgan fingerprint density at radius 1 is 1.14 bits per heavy atom. The highest BCUT2D eigenvalue weighted by Crippen LogP contribution is 2.36. The first-order chi connectivity index (χ1) is 14.0. The van der Waals surface area contributed by atoms with E-state index in [9.17, 15) is 9.90 Å². The molecule has 156 valence electrons. The normalized spacial score (nSPS) is 26.6. The predicted molar refractivity (Wildman–Crippen MR) is 111 cm³/mol. The van der Waals surface area contributed by atoms with E-state index in [4.69, 9.17) is 0 Å². The van der Waals surface area contributed by atoms with E-state index < -0.39 is 5.60 Å². The molecule has 1 amide bonds. The van der Waals surface area contributed by atoms with Crippen molar-refractivity contribution in [3.8, 4) is 0 Å². The van der Waals surface area contributed by atoms with Crippen LogP contribution in [0.4, 0.5) is 0 Å². The Labute approximate surface area is 172 Å².